The maximum atomic E-state index is 11.8. The second-order valence-corrected chi connectivity index (χ2v) is 5.59. The molecule has 8 heteroatoms. The molecule has 6 nitrogen and oxygen atoms in total. The molecule has 0 radical (unpaired) electrons. The van der Waals surface area contributed by atoms with E-state index in [1.165, 1.54) is 11.3 Å². The number of nitrogens with zero attached hydrogens (tertiary/aromatic N) is 2. The number of carboxylic acid groups (broad SMARTS) is 1. The lowest BCUT2D eigenvalue weighted by Gasteiger charge is -2.09. The van der Waals surface area contributed by atoms with Crippen molar-refractivity contribution in [3.8, 4) is 0 Å². The Kier molecular flexibility index (Phi) is 3.91. The Morgan fingerprint density at radius 2 is 2.21 bits per heavy atom. The first-order valence-electron chi connectivity index (χ1n) is 5.38. The van der Waals surface area contributed by atoms with E-state index in [1.807, 2.05) is 0 Å². The van der Waals surface area contributed by atoms with Gasteiger partial charge in [-0.1, -0.05) is 0 Å². The summed E-state index contributed by atoms with van der Waals surface area (Å²) in [5.41, 5.74) is 2.39. The zero-order chi connectivity index (χ0) is 14.0. The minimum atomic E-state index is -1.00. The predicted octanol–water partition coefficient (Wildman–Crippen LogP) is 2.10. The SMILES string of the molecule is Cc1nc(C(C)NC(=O)c2cscn2)sc1C(=O)O. The Morgan fingerprint density at radius 3 is 2.74 bits per heavy atom. The number of amides is 1. The van der Waals surface area contributed by atoms with E-state index in [0.717, 1.165) is 11.3 Å². The lowest BCUT2D eigenvalue weighted by atomic mass is 10.3. The van der Waals surface area contributed by atoms with E-state index < -0.39 is 5.97 Å². The van der Waals surface area contributed by atoms with Crippen LogP contribution in [0.15, 0.2) is 10.9 Å². The molecule has 0 fully saturated rings. The summed E-state index contributed by atoms with van der Waals surface area (Å²) in [6.07, 6.45) is 0. The Hall–Kier alpha value is -1.80. The van der Waals surface area contributed by atoms with Crippen molar-refractivity contribution in [2.24, 2.45) is 0 Å². The molecule has 19 heavy (non-hydrogen) atoms. The molecule has 1 unspecified atom stereocenters. The van der Waals surface area contributed by atoms with Crippen LogP contribution in [-0.4, -0.2) is 27.0 Å². The summed E-state index contributed by atoms with van der Waals surface area (Å²) in [4.78, 5) is 31.0. The first-order valence-corrected chi connectivity index (χ1v) is 7.14. The zero-order valence-corrected chi connectivity index (χ0v) is 11.8. The maximum Gasteiger partial charge on any atom is 0.347 e. The van der Waals surface area contributed by atoms with Crippen molar-refractivity contribution < 1.29 is 14.7 Å². The number of carbonyl (C=O) groups is 2. The molecular formula is C11H11N3O3S2. The first kappa shape index (κ1) is 13.6. The average Bonchev–Trinajstić information content (AvgIpc) is 2.96. The van der Waals surface area contributed by atoms with Crippen LogP contribution < -0.4 is 5.32 Å². The highest BCUT2D eigenvalue weighted by Gasteiger charge is 2.20. The number of thiazole rings is 2. The molecule has 2 rings (SSSR count). The second-order valence-electron chi connectivity index (χ2n) is 3.84. The fourth-order valence-corrected chi connectivity index (χ4v) is 2.90. The van der Waals surface area contributed by atoms with Crippen LogP contribution in [0.3, 0.4) is 0 Å². The molecule has 0 aliphatic heterocycles. The summed E-state index contributed by atoms with van der Waals surface area (Å²) in [6.45, 7) is 3.40. The Morgan fingerprint density at radius 1 is 1.47 bits per heavy atom. The zero-order valence-electron chi connectivity index (χ0n) is 10.2. The molecule has 0 aliphatic carbocycles. The van der Waals surface area contributed by atoms with Crippen molar-refractivity contribution in [1.29, 1.82) is 0 Å². The fourth-order valence-electron chi connectivity index (χ4n) is 1.46. The third-order valence-corrected chi connectivity index (χ3v) is 4.30. The number of carboxylic acids is 1. The molecule has 0 saturated heterocycles. The topological polar surface area (TPSA) is 92.2 Å². The molecule has 2 aromatic heterocycles. The number of hydrogen-bond acceptors (Lipinski definition) is 6. The van der Waals surface area contributed by atoms with Gasteiger partial charge in [-0.05, 0) is 13.8 Å². The molecule has 0 aliphatic rings. The van der Waals surface area contributed by atoms with Crippen molar-refractivity contribution in [3.63, 3.8) is 0 Å². The minimum Gasteiger partial charge on any atom is -0.477 e. The van der Waals surface area contributed by atoms with Gasteiger partial charge < -0.3 is 10.4 Å². The van der Waals surface area contributed by atoms with E-state index >= 15 is 0 Å². The summed E-state index contributed by atoms with van der Waals surface area (Å²) in [5.74, 6) is -1.29. The van der Waals surface area contributed by atoms with E-state index in [-0.39, 0.29) is 16.8 Å². The van der Waals surface area contributed by atoms with Gasteiger partial charge in [0.25, 0.3) is 5.91 Å². The standard InChI is InChI=1S/C11H11N3O3S2/c1-5-8(11(16)17)19-10(14-5)6(2)13-9(15)7-3-18-4-12-7/h3-4,6H,1-2H3,(H,13,15)(H,16,17). The summed E-state index contributed by atoms with van der Waals surface area (Å²) in [7, 11) is 0. The van der Waals surface area contributed by atoms with E-state index in [9.17, 15) is 9.59 Å². The Balaban J connectivity index is 2.12. The van der Waals surface area contributed by atoms with Gasteiger partial charge >= 0.3 is 5.97 Å². The molecule has 0 bridgehead atoms. The number of hydrogen-bond donors (Lipinski definition) is 2. The van der Waals surface area contributed by atoms with Gasteiger partial charge in [0.2, 0.25) is 0 Å². The normalized spacial score (nSPS) is 12.1. The summed E-state index contributed by atoms with van der Waals surface area (Å²) >= 11 is 2.41. The van der Waals surface area contributed by atoms with E-state index in [2.05, 4.69) is 15.3 Å². The second kappa shape index (κ2) is 5.45. The largest absolute Gasteiger partial charge is 0.477 e. The molecule has 0 saturated carbocycles. The van der Waals surface area contributed by atoms with Crippen LogP contribution >= 0.6 is 22.7 Å². The van der Waals surface area contributed by atoms with Crippen LogP contribution in [0.25, 0.3) is 0 Å². The minimum absolute atomic E-state index is 0.199. The average molecular weight is 297 g/mol. The molecule has 2 heterocycles. The highest BCUT2D eigenvalue weighted by Crippen LogP contribution is 2.23. The van der Waals surface area contributed by atoms with Crippen molar-refractivity contribution in [2.75, 3.05) is 0 Å². The van der Waals surface area contributed by atoms with Crippen molar-refractivity contribution >= 4 is 34.6 Å². The molecule has 1 atom stereocenters. The number of aromatic carboxylic acids is 1. The van der Waals surface area contributed by atoms with Crippen LogP contribution in [0.1, 0.15) is 43.8 Å². The van der Waals surface area contributed by atoms with Crippen LogP contribution in [0.2, 0.25) is 0 Å². The third kappa shape index (κ3) is 2.96. The smallest absolute Gasteiger partial charge is 0.347 e. The van der Waals surface area contributed by atoms with Gasteiger partial charge in [0.1, 0.15) is 15.6 Å². The number of aromatic nitrogens is 2. The lowest BCUT2D eigenvalue weighted by molar-refractivity contribution is 0.0701. The summed E-state index contributed by atoms with van der Waals surface area (Å²) in [5, 5.41) is 13.9. The van der Waals surface area contributed by atoms with Crippen LogP contribution in [0, 0.1) is 6.92 Å². The highest BCUT2D eigenvalue weighted by atomic mass is 32.1. The summed E-state index contributed by atoms with van der Waals surface area (Å²) in [6, 6.07) is -0.356. The van der Waals surface area contributed by atoms with Gasteiger partial charge in [0.15, 0.2) is 0 Å². The predicted molar refractivity (Wildman–Crippen MR) is 71.8 cm³/mol. The van der Waals surface area contributed by atoms with Gasteiger partial charge in [0.05, 0.1) is 17.2 Å². The quantitative estimate of drug-likeness (QED) is 0.901. The van der Waals surface area contributed by atoms with Gasteiger partial charge in [-0.25, -0.2) is 14.8 Å². The van der Waals surface area contributed by atoms with Crippen molar-refractivity contribution in [2.45, 2.75) is 19.9 Å². The Labute approximate surface area is 117 Å². The van der Waals surface area contributed by atoms with E-state index in [0.29, 0.717) is 16.4 Å². The molecule has 2 aromatic rings. The van der Waals surface area contributed by atoms with Gasteiger partial charge in [0, 0.05) is 5.38 Å². The van der Waals surface area contributed by atoms with Crippen molar-refractivity contribution in [3.05, 3.63) is 32.2 Å². The van der Waals surface area contributed by atoms with Gasteiger partial charge in [-0.3, -0.25) is 4.79 Å². The van der Waals surface area contributed by atoms with Crippen molar-refractivity contribution in [1.82, 2.24) is 15.3 Å². The monoisotopic (exact) mass is 297 g/mol. The number of rotatable bonds is 4. The van der Waals surface area contributed by atoms with Crippen LogP contribution in [0.5, 0.6) is 0 Å². The maximum absolute atomic E-state index is 11.8. The number of carbonyl (C=O) groups excluding carboxylic acids is 1. The first-order chi connectivity index (χ1) is 8.99. The highest BCUT2D eigenvalue weighted by molar-refractivity contribution is 7.13. The fraction of sp³-hybridized carbons (Fsp3) is 0.273. The molecule has 1 amide bonds. The van der Waals surface area contributed by atoms with Crippen LogP contribution in [0.4, 0.5) is 0 Å². The van der Waals surface area contributed by atoms with E-state index in [4.69, 9.17) is 5.11 Å². The molecular weight excluding hydrogens is 286 g/mol. The van der Waals surface area contributed by atoms with Crippen LogP contribution in [-0.2, 0) is 0 Å². The number of aryl methyl sites for hydroxylation is 1. The summed E-state index contributed by atoms with van der Waals surface area (Å²) < 4.78 is 0. The van der Waals surface area contributed by atoms with E-state index in [1.54, 1.807) is 24.7 Å². The molecule has 0 aromatic carbocycles. The van der Waals surface area contributed by atoms with Gasteiger partial charge in [-0.2, -0.15) is 0 Å². The molecule has 2 N–H and O–H groups in total. The Bertz CT molecular complexity index is 607. The lowest BCUT2D eigenvalue weighted by Crippen LogP contribution is -2.26. The molecule has 100 valence electrons. The number of nitrogens with one attached hydrogen (secondary N) is 1. The third-order valence-electron chi connectivity index (χ3n) is 2.39. The molecule has 0 spiro atoms. The van der Waals surface area contributed by atoms with Gasteiger partial charge in [-0.15, -0.1) is 22.7 Å².